The number of ether oxygens (including phenoxy) is 1. The summed E-state index contributed by atoms with van der Waals surface area (Å²) in [6, 6.07) is 13.4. The molecule has 0 aliphatic carbocycles. The number of hydrogen-bond acceptors (Lipinski definition) is 4. The monoisotopic (exact) mass is 412 g/mol. The van der Waals surface area contributed by atoms with Crippen molar-refractivity contribution < 1.29 is 23.5 Å². The molecule has 2 atom stereocenters. The Labute approximate surface area is 175 Å². The average molecular weight is 412 g/mol. The SMILES string of the molecule is COC(=O)[C@H](C/C=C/c1ccccc1)NC(=O)[C@@H](Cc1cccc(F)c1)NC(C)=O. The summed E-state index contributed by atoms with van der Waals surface area (Å²) in [6.45, 7) is 1.28. The van der Waals surface area contributed by atoms with Crippen LogP contribution < -0.4 is 10.6 Å². The molecule has 7 heteroatoms. The molecule has 2 amide bonds. The minimum Gasteiger partial charge on any atom is -0.467 e. The maximum absolute atomic E-state index is 13.5. The van der Waals surface area contributed by atoms with Crippen LogP contribution in [0.25, 0.3) is 6.08 Å². The molecule has 2 rings (SSSR count). The van der Waals surface area contributed by atoms with E-state index in [1.807, 2.05) is 36.4 Å². The molecule has 0 heterocycles. The highest BCUT2D eigenvalue weighted by atomic mass is 19.1. The number of methoxy groups -OCH3 is 1. The molecule has 6 nitrogen and oxygen atoms in total. The van der Waals surface area contributed by atoms with E-state index in [0.717, 1.165) is 5.56 Å². The first-order valence-corrected chi connectivity index (χ1v) is 9.50. The molecule has 30 heavy (non-hydrogen) atoms. The Bertz CT molecular complexity index is 899. The van der Waals surface area contributed by atoms with Crippen LogP contribution in [0, 0.1) is 5.82 Å². The molecule has 0 spiro atoms. The highest BCUT2D eigenvalue weighted by Gasteiger charge is 2.26. The Balaban J connectivity index is 2.10. The highest BCUT2D eigenvalue weighted by Crippen LogP contribution is 2.09. The predicted octanol–water partition coefficient (Wildman–Crippen LogP) is 2.63. The van der Waals surface area contributed by atoms with Crippen molar-refractivity contribution in [3.05, 3.63) is 77.6 Å². The summed E-state index contributed by atoms with van der Waals surface area (Å²) in [7, 11) is 1.24. The first-order chi connectivity index (χ1) is 14.4. The molecule has 2 N–H and O–H groups in total. The van der Waals surface area contributed by atoms with E-state index in [1.165, 1.54) is 32.2 Å². The smallest absolute Gasteiger partial charge is 0.328 e. The highest BCUT2D eigenvalue weighted by molar-refractivity contribution is 5.90. The van der Waals surface area contributed by atoms with Gasteiger partial charge >= 0.3 is 5.97 Å². The van der Waals surface area contributed by atoms with Crippen molar-refractivity contribution in [2.24, 2.45) is 0 Å². The Morgan fingerprint density at radius 3 is 2.40 bits per heavy atom. The topological polar surface area (TPSA) is 84.5 Å². The summed E-state index contributed by atoms with van der Waals surface area (Å²) in [5, 5.41) is 5.17. The van der Waals surface area contributed by atoms with Crippen LogP contribution in [0.4, 0.5) is 4.39 Å². The van der Waals surface area contributed by atoms with Gasteiger partial charge in [-0.2, -0.15) is 0 Å². The maximum atomic E-state index is 13.5. The van der Waals surface area contributed by atoms with E-state index in [4.69, 9.17) is 4.74 Å². The minimum absolute atomic E-state index is 0.0803. The quantitative estimate of drug-likeness (QED) is 0.620. The molecule has 0 radical (unpaired) electrons. The van der Waals surface area contributed by atoms with Crippen LogP contribution in [0.5, 0.6) is 0 Å². The molecule has 2 aromatic rings. The Morgan fingerprint density at radius 1 is 1.03 bits per heavy atom. The average Bonchev–Trinajstić information content (AvgIpc) is 2.72. The second-order valence-electron chi connectivity index (χ2n) is 6.72. The third-order valence-corrected chi connectivity index (χ3v) is 4.31. The predicted molar refractivity (Wildman–Crippen MR) is 112 cm³/mol. The van der Waals surface area contributed by atoms with Gasteiger partial charge in [0, 0.05) is 13.3 Å². The Kier molecular flexibility index (Phi) is 8.75. The summed E-state index contributed by atoms with van der Waals surface area (Å²) in [5.74, 6) is -2.01. The molecule has 158 valence electrons. The van der Waals surface area contributed by atoms with Gasteiger partial charge in [-0.15, -0.1) is 0 Å². The molecule has 0 unspecified atom stereocenters. The van der Waals surface area contributed by atoms with E-state index < -0.39 is 35.7 Å². The van der Waals surface area contributed by atoms with Crippen molar-refractivity contribution in [2.75, 3.05) is 7.11 Å². The van der Waals surface area contributed by atoms with Crippen LogP contribution in [0.3, 0.4) is 0 Å². The van der Waals surface area contributed by atoms with Crippen molar-refractivity contribution in [1.82, 2.24) is 10.6 Å². The number of rotatable bonds is 9. The molecule has 0 aliphatic heterocycles. The fourth-order valence-corrected chi connectivity index (χ4v) is 2.89. The lowest BCUT2D eigenvalue weighted by Crippen LogP contribution is -2.52. The fourth-order valence-electron chi connectivity index (χ4n) is 2.89. The fraction of sp³-hybridized carbons (Fsp3) is 0.261. The van der Waals surface area contributed by atoms with Crippen molar-refractivity contribution in [3.8, 4) is 0 Å². The van der Waals surface area contributed by atoms with Crippen LogP contribution in [0.1, 0.15) is 24.5 Å². The lowest BCUT2D eigenvalue weighted by atomic mass is 10.0. The number of carbonyl (C=O) groups excluding carboxylic acids is 3. The lowest BCUT2D eigenvalue weighted by Gasteiger charge is -2.21. The summed E-state index contributed by atoms with van der Waals surface area (Å²) >= 11 is 0. The molecule has 0 aromatic heterocycles. The summed E-state index contributed by atoms with van der Waals surface area (Å²) in [5.41, 5.74) is 1.50. The zero-order valence-electron chi connectivity index (χ0n) is 16.9. The molecule has 0 saturated heterocycles. The van der Waals surface area contributed by atoms with Gasteiger partial charge in [0.1, 0.15) is 17.9 Å². The first-order valence-electron chi connectivity index (χ1n) is 9.50. The number of carbonyl (C=O) groups is 3. The van der Waals surface area contributed by atoms with E-state index in [9.17, 15) is 18.8 Å². The minimum atomic E-state index is -0.963. The first kappa shape index (κ1) is 22.8. The van der Waals surface area contributed by atoms with Gasteiger partial charge in [-0.25, -0.2) is 9.18 Å². The standard InChI is InChI=1S/C23H25FN2O4/c1-16(27)25-21(15-18-11-6-12-19(24)14-18)22(28)26-20(23(29)30-2)13-7-10-17-8-4-3-5-9-17/h3-12,14,20-21H,13,15H2,1-2H3,(H,25,27)(H,26,28)/b10-7+/t20-,21+/m0/s1. The van der Waals surface area contributed by atoms with E-state index >= 15 is 0 Å². The van der Waals surface area contributed by atoms with Crippen molar-refractivity contribution in [3.63, 3.8) is 0 Å². The molecular formula is C23H25FN2O4. The van der Waals surface area contributed by atoms with E-state index in [0.29, 0.717) is 5.56 Å². The number of benzene rings is 2. The third-order valence-electron chi connectivity index (χ3n) is 4.31. The Hall–Kier alpha value is -3.48. The second-order valence-corrected chi connectivity index (χ2v) is 6.72. The molecular weight excluding hydrogens is 387 g/mol. The molecule has 2 aromatic carbocycles. The lowest BCUT2D eigenvalue weighted by molar-refractivity contribution is -0.145. The van der Waals surface area contributed by atoms with Crippen LogP contribution in [0.15, 0.2) is 60.7 Å². The van der Waals surface area contributed by atoms with Gasteiger partial charge in [-0.1, -0.05) is 54.6 Å². The summed E-state index contributed by atoms with van der Waals surface area (Å²) < 4.78 is 18.3. The van der Waals surface area contributed by atoms with Gasteiger partial charge in [-0.05, 0) is 29.7 Å². The van der Waals surface area contributed by atoms with Gasteiger partial charge in [-0.3, -0.25) is 9.59 Å². The number of nitrogens with one attached hydrogen (secondary N) is 2. The third kappa shape index (κ3) is 7.50. The van der Waals surface area contributed by atoms with Crippen molar-refractivity contribution >= 4 is 23.9 Å². The number of esters is 1. The Morgan fingerprint density at radius 2 is 1.77 bits per heavy atom. The van der Waals surface area contributed by atoms with Gasteiger partial charge in [0.25, 0.3) is 0 Å². The van der Waals surface area contributed by atoms with Crippen molar-refractivity contribution in [1.29, 1.82) is 0 Å². The maximum Gasteiger partial charge on any atom is 0.328 e. The van der Waals surface area contributed by atoms with Crippen LogP contribution in [-0.4, -0.2) is 37.0 Å². The molecule has 0 saturated carbocycles. The van der Waals surface area contributed by atoms with Crippen molar-refractivity contribution in [2.45, 2.75) is 31.8 Å². The van der Waals surface area contributed by atoms with Crippen LogP contribution in [0.2, 0.25) is 0 Å². The summed E-state index contributed by atoms with van der Waals surface area (Å²) in [6.07, 6.45) is 3.88. The molecule has 0 fully saturated rings. The number of amides is 2. The van der Waals surface area contributed by atoms with Crippen LogP contribution >= 0.6 is 0 Å². The number of halogens is 1. The molecule has 0 bridgehead atoms. The summed E-state index contributed by atoms with van der Waals surface area (Å²) in [4.78, 5) is 36.5. The molecule has 0 aliphatic rings. The van der Waals surface area contributed by atoms with Gasteiger partial charge in [0.15, 0.2) is 0 Å². The number of hydrogen-bond donors (Lipinski definition) is 2. The zero-order valence-corrected chi connectivity index (χ0v) is 16.9. The van der Waals surface area contributed by atoms with E-state index in [1.54, 1.807) is 12.1 Å². The van der Waals surface area contributed by atoms with Gasteiger partial charge in [0.05, 0.1) is 7.11 Å². The van der Waals surface area contributed by atoms with Gasteiger partial charge < -0.3 is 15.4 Å². The van der Waals surface area contributed by atoms with Crippen LogP contribution in [-0.2, 0) is 25.5 Å². The van der Waals surface area contributed by atoms with E-state index in [-0.39, 0.29) is 12.8 Å². The normalized spacial score (nSPS) is 12.8. The van der Waals surface area contributed by atoms with E-state index in [2.05, 4.69) is 10.6 Å². The second kappa shape index (κ2) is 11.5. The largest absolute Gasteiger partial charge is 0.467 e. The van der Waals surface area contributed by atoms with Gasteiger partial charge in [0.2, 0.25) is 11.8 Å². The zero-order chi connectivity index (χ0) is 21.9.